The Bertz CT molecular complexity index is 276. The molecule has 0 aromatic rings. The molecule has 1 spiro atoms. The second-order valence-corrected chi connectivity index (χ2v) is 4.41. The van der Waals surface area contributed by atoms with Crippen molar-refractivity contribution in [1.29, 1.82) is 0 Å². The molecular weight excluding hydrogens is 200 g/mol. The van der Waals surface area contributed by atoms with Crippen molar-refractivity contribution in [3.63, 3.8) is 0 Å². The second-order valence-electron chi connectivity index (χ2n) is 4.41. The SMILES string of the molecule is O=C1CC2(CCN(O)CC2)CC(=O)N1O. The van der Waals surface area contributed by atoms with Crippen molar-refractivity contribution >= 4 is 11.8 Å². The van der Waals surface area contributed by atoms with E-state index in [-0.39, 0.29) is 23.3 Å². The van der Waals surface area contributed by atoms with Crippen LogP contribution < -0.4 is 0 Å². The molecule has 6 heteroatoms. The normalized spacial score (nSPS) is 27.5. The summed E-state index contributed by atoms with van der Waals surface area (Å²) < 4.78 is 0. The second kappa shape index (κ2) is 3.55. The molecule has 2 aliphatic heterocycles. The fraction of sp³-hybridized carbons (Fsp3) is 0.778. The van der Waals surface area contributed by atoms with Gasteiger partial charge in [-0.15, -0.1) is 0 Å². The fourth-order valence-corrected chi connectivity index (χ4v) is 2.32. The predicted molar refractivity (Wildman–Crippen MR) is 47.9 cm³/mol. The van der Waals surface area contributed by atoms with E-state index < -0.39 is 11.8 Å². The first-order valence-electron chi connectivity index (χ1n) is 5.01. The first-order chi connectivity index (χ1) is 7.02. The number of amides is 2. The number of hydrogen-bond acceptors (Lipinski definition) is 5. The molecule has 2 heterocycles. The Morgan fingerprint density at radius 1 is 1.00 bits per heavy atom. The zero-order chi connectivity index (χ0) is 11.1. The van der Waals surface area contributed by atoms with Gasteiger partial charge in [-0.3, -0.25) is 14.8 Å². The number of hydrogen-bond donors (Lipinski definition) is 2. The van der Waals surface area contributed by atoms with E-state index in [9.17, 15) is 14.8 Å². The van der Waals surface area contributed by atoms with Crippen LogP contribution in [0.25, 0.3) is 0 Å². The Morgan fingerprint density at radius 3 is 1.93 bits per heavy atom. The van der Waals surface area contributed by atoms with Crippen LogP contribution in [0.15, 0.2) is 0 Å². The summed E-state index contributed by atoms with van der Waals surface area (Å²) in [6, 6.07) is 0. The number of imide groups is 1. The molecule has 0 bridgehead atoms. The molecule has 0 atom stereocenters. The highest BCUT2D eigenvalue weighted by Crippen LogP contribution is 2.41. The van der Waals surface area contributed by atoms with Gasteiger partial charge in [-0.1, -0.05) is 0 Å². The first-order valence-corrected chi connectivity index (χ1v) is 5.01. The quantitative estimate of drug-likeness (QED) is 0.438. The summed E-state index contributed by atoms with van der Waals surface area (Å²) in [6.45, 7) is 0.956. The van der Waals surface area contributed by atoms with Gasteiger partial charge in [-0.2, -0.15) is 10.1 Å². The monoisotopic (exact) mass is 214 g/mol. The highest BCUT2D eigenvalue weighted by atomic mass is 16.5. The minimum atomic E-state index is -0.530. The van der Waals surface area contributed by atoms with Gasteiger partial charge in [0.15, 0.2) is 0 Å². The molecule has 2 fully saturated rings. The molecule has 2 N–H and O–H groups in total. The van der Waals surface area contributed by atoms with Crippen molar-refractivity contribution in [2.45, 2.75) is 25.7 Å². The van der Waals surface area contributed by atoms with Gasteiger partial charge in [0.25, 0.3) is 11.8 Å². The van der Waals surface area contributed by atoms with Crippen LogP contribution >= 0.6 is 0 Å². The number of carbonyl (C=O) groups is 2. The summed E-state index contributed by atoms with van der Waals surface area (Å²) in [5.74, 6) is -1.06. The molecule has 0 aliphatic carbocycles. The largest absolute Gasteiger partial charge is 0.314 e. The maximum absolute atomic E-state index is 11.3. The minimum Gasteiger partial charge on any atom is -0.314 e. The lowest BCUT2D eigenvalue weighted by molar-refractivity contribution is -0.194. The Kier molecular flexibility index (Phi) is 2.49. The zero-order valence-corrected chi connectivity index (χ0v) is 8.35. The number of piperidine rings is 2. The van der Waals surface area contributed by atoms with Crippen molar-refractivity contribution in [2.75, 3.05) is 13.1 Å². The van der Waals surface area contributed by atoms with Gasteiger partial charge in [0, 0.05) is 25.9 Å². The third-order valence-electron chi connectivity index (χ3n) is 3.33. The highest BCUT2D eigenvalue weighted by Gasteiger charge is 2.44. The molecular formula is C9H14N2O4. The standard InChI is InChI=1S/C9H14N2O4/c12-7-5-9(6-8(13)11(7)15)1-3-10(14)4-2-9/h14-15H,1-6H2. The summed E-state index contributed by atoms with van der Waals surface area (Å²) in [6.07, 6.45) is 1.63. The van der Waals surface area contributed by atoms with Crippen molar-refractivity contribution in [1.82, 2.24) is 10.1 Å². The van der Waals surface area contributed by atoms with Crippen LogP contribution in [-0.2, 0) is 9.59 Å². The Morgan fingerprint density at radius 2 is 1.47 bits per heavy atom. The van der Waals surface area contributed by atoms with E-state index >= 15 is 0 Å². The van der Waals surface area contributed by atoms with Gasteiger partial charge in [-0.05, 0) is 18.3 Å². The summed E-state index contributed by atoms with van der Waals surface area (Å²) in [4.78, 5) is 22.7. The van der Waals surface area contributed by atoms with Gasteiger partial charge in [-0.25, -0.2) is 0 Å². The number of hydroxylamine groups is 4. The molecule has 2 saturated heterocycles. The third kappa shape index (κ3) is 1.88. The molecule has 0 unspecified atom stereocenters. The molecule has 2 amide bonds. The third-order valence-corrected chi connectivity index (χ3v) is 3.33. The topological polar surface area (TPSA) is 81.1 Å². The highest BCUT2D eigenvalue weighted by molar-refractivity contribution is 5.97. The smallest absolute Gasteiger partial charge is 0.253 e. The van der Waals surface area contributed by atoms with Gasteiger partial charge in [0.1, 0.15) is 0 Å². The van der Waals surface area contributed by atoms with Crippen LogP contribution in [0.2, 0.25) is 0 Å². The van der Waals surface area contributed by atoms with Crippen molar-refractivity contribution in [3.05, 3.63) is 0 Å². The molecule has 15 heavy (non-hydrogen) atoms. The van der Waals surface area contributed by atoms with Crippen molar-refractivity contribution in [2.24, 2.45) is 5.41 Å². The van der Waals surface area contributed by atoms with Gasteiger partial charge in [0.2, 0.25) is 0 Å². The Hall–Kier alpha value is -0.980. The molecule has 2 rings (SSSR count). The van der Waals surface area contributed by atoms with E-state index in [0.717, 1.165) is 0 Å². The minimum absolute atomic E-state index is 0.198. The van der Waals surface area contributed by atoms with Crippen LogP contribution in [0.1, 0.15) is 25.7 Å². The van der Waals surface area contributed by atoms with Crippen LogP contribution in [-0.4, -0.2) is 45.4 Å². The lowest BCUT2D eigenvalue weighted by atomic mass is 9.71. The van der Waals surface area contributed by atoms with E-state index in [0.29, 0.717) is 25.9 Å². The number of carbonyl (C=O) groups excluding carboxylic acids is 2. The fourth-order valence-electron chi connectivity index (χ4n) is 2.32. The average Bonchev–Trinajstić information content (AvgIpc) is 2.20. The molecule has 0 aromatic carbocycles. The predicted octanol–water partition coefficient (Wildman–Crippen LogP) is -0.00400. The molecule has 2 aliphatic rings. The van der Waals surface area contributed by atoms with Gasteiger partial charge >= 0.3 is 0 Å². The maximum atomic E-state index is 11.3. The number of nitrogens with zero attached hydrogens (tertiary/aromatic N) is 2. The molecule has 0 radical (unpaired) electrons. The van der Waals surface area contributed by atoms with Crippen molar-refractivity contribution < 1.29 is 20.0 Å². The van der Waals surface area contributed by atoms with E-state index in [1.165, 1.54) is 5.06 Å². The average molecular weight is 214 g/mol. The van der Waals surface area contributed by atoms with Crippen molar-refractivity contribution in [3.8, 4) is 0 Å². The van der Waals surface area contributed by atoms with E-state index in [1.54, 1.807) is 0 Å². The summed E-state index contributed by atoms with van der Waals surface area (Å²) in [7, 11) is 0. The van der Waals surface area contributed by atoms with E-state index in [1.807, 2.05) is 0 Å². The zero-order valence-electron chi connectivity index (χ0n) is 8.35. The summed E-state index contributed by atoms with van der Waals surface area (Å²) >= 11 is 0. The van der Waals surface area contributed by atoms with Gasteiger partial charge in [0.05, 0.1) is 0 Å². The van der Waals surface area contributed by atoms with E-state index in [4.69, 9.17) is 5.21 Å². The Labute approximate surface area is 87.0 Å². The summed E-state index contributed by atoms with van der Waals surface area (Å²) in [5, 5.41) is 19.7. The lowest BCUT2D eigenvalue weighted by Gasteiger charge is -2.42. The van der Waals surface area contributed by atoms with Crippen LogP contribution in [0, 0.1) is 5.41 Å². The lowest BCUT2D eigenvalue weighted by Crippen LogP contribution is -2.50. The van der Waals surface area contributed by atoms with Crippen LogP contribution in [0.3, 0.4) is 0 Å². The maximum Gasteiger partial charge on any atom is 0.253 e. The molecule has 84 valence electrons. The molecule has 6 nitrogen and oxygen atoms in total. The number of rotatable bonds is 0. The molecule has 0 saturated carbocycles. The molecule has 0 aromatic heterocycles. The van der Waals surface area contributed by atoms with Crippen LogP contribution in [0.5, 0.6) is 0 Å². The van der Waals surface area contributed by atoms with E-state index in [2.05, 4.69) is 0 Å². The van der Waals surface area contributed by atoms with Gasteiger partial charge < -0.3 is 5.21 Å². The van der Waals surface area contributed by atoms with Crippen LogP contribution in [0.4, 0.5) is 0 Å². The first kappa shape index (κ1) is 10.5. The summed E-state index contributed by atoms with van der Waals surface area (Å²) in [5.41, 5.74) is -0.341. The Balaban J connectivity index is 2.10.